The summed E-state index contributed by atoms with van der Waals surface area (Å²) in [5.74, 6) is 1.42. The van der Waals surface area contributed by atoms with Crippen LogP contribution in [0.3, 0.4) is 0 Å². The summed E-state index contributed by atoms with van der Waals surface area (Å²) in [6, 6.07) is 8.24. The minimum atomic E-state index is 0.512. The minimum absolute atomic E-state index is 0.512. The highest BCUT2D eigenvalue weighted by atomic mass is 16.5. The topological polar surface area (TPSA) is 52.0 Å². The summed E-state index contributed by atoms with van der Waals surface area (Å²) < 4.78 is 7.57. The standard InChI is InChI=1S/C15H22N4O/c1-12(2)13-5-4-6-15(9-13)20-8-7-19-11-14(10-16-3)17-18-19/h4-6,9,11-12,16H,7-8,10H2,1-3H3. The summed E-state index contributed by atoms with van der Waals surface area (Å²) in [4.78, 5) is 0. The Morgan fingerprint density at radius 2 is 2.20 bits per heavy atom. The lowest BCUT2D eigenvalue weighted by Gasteiger charge is -2.09. The summed E-state index contributed by atoms with van der Waals surface area (Å²) in [5.41, 5.74) is 2.23. The van der Waals surface area contributed by atoms with E-state index in [2.05, 4.69) is 41.6 Å². The lowest BCUT2D eigenvalue weighted by Crippen LogP contribution is -2.09. The van der Waals surface area contributed by atoms with Gasteiger partial charge in [-0.3, -0.25) is 0 Å². The number of nitrogens with one attached hydrogen (secondary N) is 1. The van der Waals surface area contributed by atoms with Gasteiger partial charge in [-0.25, -0.2) is 4.68 Å². The Hall–Kier alpha value is -1.88. The number of hydrogen-bond acceptors (Lipinski definition) is 4. The van der Waals surface area contributed by atoms with Crippen LogP contribution in [0.2, 0.25) is 0 Å². The molecule has 0 saturated heterocycles. The smallest absolute Gasteiger partial charge is 0.119 e. The van der Waals surface area contributed by atoms with Crippen LogP contribution in [0.5, 0.6) is 5.75 Å². The molecule has 2 rings (SSSR count). The van der Waals surface area contributed by atoms with Gasteiger partial charge < -0.3 is 10.1 Å². The van der Waals surface area contributed by atoms with Gasteiger partial charge in [-0.2, -0.15) is 0 Å². The average Bonchev–Trinajstić information content (AvgIpc) is 2.87. The van der Waals surface area contributed by atoms with E-state index in [-0.39, 0.29) is 0 Å². The van der Waals surface area contributed by atoms with Crippen molar-refractivity contribution in [3.05, 3.63) is 41.7 Å². The van der Waals surface area contributed by atoms with Crippen molar-refractivity contribution < 1.29 is 4.74 Å². The monoisotopic (exact) mass is 274 g/mol. The summed E-state index contributed by atoms with van der Waals surface area (Å²) in [6.45, 7) is 6.37. The van der Waals surface area contributed by atoms with Crippen LogP contribution in [0.25, 0.3) is 0 Å². The van der Waals surface area contributed by atoms with Crippen molar-refractivity contribution >= 4 is 0 Å². The quantitative estimate of drug-likeness (QED) is 0.841. The fourth-order valence-electron chi connectivity index (χ4n) is 1.93. The Balaban J connectivity index is 1.84. The third-order valence-electron chi connectivity index (χ3n) is 3.06. The van der Waals surface area contributed by atoms with Crippen molar-refractivity contribution in [2.24, 2.45) is 0 Å². The molecule has 0 fully saturated rings. The summed E-state index contributed by atoms with van der Waals surface area (Å²) in [6.07, 6.45) is 1.93. The SMILES string of the molecule is CNCc1cn(CCOc2cccc(C(C)C)c2)nn1. The third kappa shape index (κ3) is 4.06. The molecule has 1 aromatic carbocycles. The number of nitrogens with zero attached hydrogens (tertiary/aromatic N) is 3. The number of benzene rings is 1. The van der Waals surface area contributed by atoms with Crippen molar-refractivity contribution in [2.45, 2.75) is 32.9 Å². The molecule has 0 radical (unpaired) electrons. The molecule has 20 heavy (non-hydrogen) atoms. The van der Waals surface area contributed by atoms with E-state index in [0.717, 1.165) is 18.0 Å². The first kappa shape index (κ1) is 14.5. The lowest BCUT2D eigenvalue weighted by molar-refractivity contribution is 0.289. The Kier molecular flexibility index (Phi) is 5.12. The highest BCUT2D eigenvalue weighted by Gasteiger charge is 2.02. The molecule has 5 nitrogen and oxygen atoms in total. The van der Waals surface area contributed by atoms with E-state index in [1.165, 1.54) is 5.56 Å². The van der Waals surface area contributed by atoms with Gasteiger partial charge in [0.05, 0.1) is 12.2 Å². The van der Waals surface area contributed by atoms with Gasteiger partial charge >= 0.3 is 0 Å². The second-order valence-corrected chi connectivity index (χ2v) is 5.08. The van der Waals surface area contributed by atoms with E-state index >= 15 is 0 Å². The minimum Gasteiger partial charge on any atom is -0.492 e. The molecule has 0 aliphatic rings. The van der Waals surface area contributed by atoms with Crippen LogP contribution in [0, 0.1) is 0 Å². The van der Waals surface area contributed by atoms with Crippen LogP contribution in [-0.2, 0) is 13.1 Å². The van der Waals surface area contributed by atoms with Crippen molar-refractivity contribution in [3.8, 4) is 5.75 Å². The van der Waals surface area contributed by atoms with Crippen molar-refractivity contribution in [1.82, 2.24) is 20.3 Å². The largest absolute Gasteiger partial charge is 0.492 e. The molecule has 0 unspecified atom stereocenters. The van der Waals surface area contributed by atoms with Crippen molar-refractivity contribution in [1.29, 1.82) is 0 Å². The molecular formula is C15H22N4O. The molecule has 108 valence electrons. The average molecular weight is 274 g/mol. The zero-order valence-electron chi connectivity index (χ0n) is 12.3. The van der Waals surface area contributed by atoms with Crippen molar-refractivity contribution in [2.75, 3.05) is 13.7 Å². The van der Waals surface area contributed by atoms with Crippen LogP contribution in [0.4, 0.5) is 0 Å². The first-order valence-electron chi connectivity index (χ1n) is 6.95. The highest BCUT2D eigenvalue weighted by Crippen LogP contribution is 2.19. The molecule has 0 aliphatic carbocycles. The van der Waals surface area contributed by atoms with Crippen LogP contribution in [0.15, 0.2) is 30.5 Å². The van der Waals surface area contributed by atoms with E-state index < -0.39 is 0 Å². The van der Waals surface area contributed by atoms with Crippen molar-refractivity contribution in [3.63, 3.8) is 0 Å². The van der Waals surface area contributed by atoms with Gasteiger partial charge in [0.15, 0.2) is 0 Å². The van der Waals surface area contributed by atoms with E-state index in [9.17, 15) is 0 Å². The Bertz CT molecular complexity index is 536. The zero-order chi connectivity index (χ0) is 14.4. The summed E-state index contributed by atoms with van der Waals surface area (Å²) in [5, 5.41) is 11.2. The van der Waals surface area contributed by atoms with Gasteiger partial charge in [-0.15, -0.1) is 5.10 Å². The second-order valence-electron chi connectivity index (χ2n) is 5.08. The Morgan fingerprint density at radius 1 is 1.35 bits per heavy atom. The maximum atomic E-state index is 5.77. The van der Waals surface area contributed by atoms with E-state index in [1.807, 2.05) is 25.4 Å². The number of rotatable bonds is 7. The Morgan fingerprint density at radius 3 is 2.95 bits per heavy atom. The molecule has 0 spiro atoms. The van der Waals surface area contributed by atoms with Gasteiger partial charge in [0.25, 0.3) is 0 Å². The molecular weight excluding hydrogens is 252 g/mol. The normalized spacial score (nSPS) is 11.0. The predicted molar refractivity (Wildman–Crippen MR) is 78.8 cm³/mol. The van der Waals surface area contributed by atoms with E-state index in [0.29, 0.717) is 19.1 Å². The maximum absolute atomic E-state index is 5.77. The highest BCUT2D eigenvalue weighted by molar-refractivity contribution is 5.30. The maximum Gasteiger partial charge on any atom is 0.119 e. The number of hydrogen-bond donors (Lipinski definition) is 1. The zero-order valence-corrected chi connectivity index (χ0v) is 12.3. The number of ether oxygens (including phenoxy) is 1. The Labute approximate surface area is 120 Å². The first-order valence-corrected chi connectivity index (χ1v) is 6.95. The molecule has 1 heterocycles. The molecule has 0 atom stereocenters. The van der Waals surface area contributed by atoms with E-state index in [1.54, 1.807) is 4.68 Å². The molecule has 0 amide bonds. The summed E-state index contributed by atoms with van der Waals surface area (Å²) in [7, 11) is 1.89. The lowest BCUT2D eigenvalue weighted by atomic mass is 10.0. The molecule has 1 N–H and O–H groups in total. The molecule has 0 aliphatic heterocycles. The molecule has 0 saturated carbocycles. The molecule has 0 bridgehead atoms. The number of aromatic nitrogens is 3. The van der Waals surface area contributed by atoms with Crippen LogP contribution in [-0.4, -0.2) is 28.6 Å². The van der Waals surface area contributed by atoms with Gasteiger partial charge in [-0.05, 0) is 30.7 Å². The van der Waals surface area contributed by atoms with Gasteiger partial charge in [0.2, 0.25) is 0 Å². The molecule has 2 aromatic rings. The molecule has 5 heteroatoms. The van der Waals surface area contributed by atoms with E-state index in [4.69, 9.17) is 4.74 Å². The second kappa shape index (κ2) is 7.05. The van der Waals surface area contributed by atoms with Gasteiger partial charge in [-0.1, -0.05) is 31.2 Å². The van der Waals surface area contributed by atoms with Gasteiger partial charge in [0, 0.05) is 12.7 Å². The fraction of sp³-hybridized carbons (Fsp3) is 0.467. The first-order chi connectivity index (χ1) is 9.69. The third-order valence-corrected chi connectivity index (χ3v) is 3.06. The predicted octanol–water partition coefficient (Wildman–Crippen LogP) is 2.20. The van der Waals surface area contributed by atoms with Crippen LogP contribution in [0.1, 0.15) is 31.0 Å². The fourth-order valence-corrected chi connectivity index (χ4v) is 1.93. The molecule has 1 aromatic heterocycles. The van der Waals surface area contributed by atoms with Crippen LogP contribution >= 0.6 is 0 Å². The van der Waals surface area contributed by atoms with Gasteiger partial charge in [0.1, 0.15) is 12.4 Å². The summed E-state index contributed by atoms with van der Waals surface area (Å²) >= 11 is 0. The van der Waals surface area contributed by atoms with Crippen LogP contribution < -0.4 is 10.1 Å².